The van der Waals surface area contributed by atoms with E-state index < -0.39 is 99.2 Å². The molecule has 3 saturated heterocycles. The molecule has 0 spiro atoms. The maximum absolute atomic E-state index is 11.9. The first-order chi connectivity index (χ1) is 26.2. The van der Waals surface area contributed by atoms with E-state index in [1.165, 1.54) is 0 Å². The van der Waals surface area contributed by atoms with E-state index in [4.69, 9.17) is 37.9 Å². The summed E-state index contributed by atoms with van der Waals surface area (Å²) >= 11 is 0. The lowest BCUT2D eigenvalue weighted by molar-refractivity contribution is -0.388. The standard InChI is InChI=1S/C40H52O14/c1-23-24(2)50-40(37(48-21-26-14-8-4-9-15-26)34(23)47-20-25-12-6-3-7-13-25)54-36-33(46)38(49-22-27-16-10-5-11-17-27)52-29(19-42)35(36)53-39-32(45)31(44)30(43)28(18-41)51-39/h3-17,23-24,28-46H,18-22H2,1-2H3/t23-,24?,28+,29?,30+,31?,32?,33?,34+,35-,36-,37?,38-,39+,40+/m1/s1. The first-order valence-electron chi connectivity index (χ1n) is 18.4. The zero-order valence-electron chi connectivity index (χ0n) is 30.3. The van der Waals surface area contributed by atoms with Gasteiger partial charge < -0.3 is 68.5 Å². The summed E-state index contributed by atoms with van der Waals surface area (Å²) in [5.74, 6) is -0.165. The van der Waals surface area contributed by atoms with E-state index >= 15 is 0 Å². The van der Waals surface area contributed by atoms with Gasteiger partial charge in [-0.2, -0.15) is 0 Å². The number of benzene rings is 3. The third-order valence-electron chi connectivity index (χ3n) is 10.3. The molecule has 0 bridgehead atoms. The molecule has 15 atom stereocenters. The first-order valence-corrected chi connectivity index (χ1v) is 18.4. The summed E-state index contributed by atoms with van der Waals surface area (Å²) in [6.07, 6.45) is -17.9. The zero-order chi connectivity index (χ0) is 38.2. The minimum absolute atomic E-state index is 0.0539. The second kappa shape index (κ2) is 19.3. The molecule has 0 aromatic heterocycles. The highest BCUT2D eigenvalue weighted by Gasteiger charge is 2.54. The predicted octanol–water partition coefficient (Wildman–Crippen LogP) is 1.40. The largest absolute Gasteiger partial charge is 0.394 e. The number of hydrogen-bond donors (Lipinski definition) is 6. The van der Waals surface area contributed by atoms with Crippen molar-refractivity contribution in [3.8, 4) is 0 Å². The van der Waals surface area contributed by atoms with Gasteiger partial charge in [-0.25, -0.2) is 0 Å². The van der Waals surface area contributed by atoms with E-state index in [9.17, 15) is 30.6 Å². The van der Waals surface area contributed by atoms with Gasteiger partial charge in [0.15, 0.2) is 18.9 Å². The molecule has 3 aliphatic heterocycles. The van der Waals surface area contributed by atoms with Crippen LogP contribution in [0.3, 0.4) is 0 Å². The average Bonchev–Trinajstić information content (AvgIpc) is 3.20. The molecule has 14 nitrogen and oxygen atoms in total. The number of aliphatic hydroxyl groups is 6. The molecule has 14 heteroatoms. The Morgan fingerprint density at radius 2 is 0.944 bits per heavy atom. The second-order valence-corrected chi connectivity index (χ2v) is 14.0. The van der Waals surface area contributed by atoms with Gasteiger partial charge in [0.2, 0.25) is 0 Å². The van der Waals surface area contributed by atoms with Crippen molar-refractivity contribution in [2.75, 3.05) is 13.2 Å². The molecular formula is C40H52O14. The van der Waals surface area contributed by atoms with Gasteiger partial charge in [-0.3, -0.25) is 0 Å². The van der Waals surface area contributed by atoms with Gasteiger partial charge >= 0.3 is 0 Å². The van der Waals surface area contributed by atoms with Crippen LogP contribution in [0.5, 0.6) is 0 Å². The third-order valence-corrected chi connectivity index (χ3v) is 10.3. The Bertz CT molecular complexity index is 1520. The van der Waals surface area contributed by atoms with E-state index in [2.05, 4.69) is 0 Å². The molecule has 54 heavy (non-hydrogen) atoms. The van der Waals surface area contributed by atoms with E-state index in [0.29, 0.717) is 0 Å². The average molecular weight is 757 g/mol. The van der Waals surface area contributed by atoms with Crippen molar-refractivity contribution in [1.82, 2.24) is 0 Å². The fraction of sp³-hybridized carbons (Fsp3) is 0.550. The molecule has 296 valence electrons. The lowest BCUT2D eigenvalue weighted by atomic mass is 9.90. The molecule has 3 aromatic rings. The maximum Gasteiger partial charge on any atom is 0.187 e. The van der Waals surface area contributed by atoms with Crippen LogP contribution >= 0.6 is 0 Å². The third kappa shape index (κ3) is 9.72. The Hall–Kier alpha value is -2.90. The van der Waals surface area contributed by atoms with Crippen molar-refractivity contribution in [3.05, 3.63) is 108 Å². The van der Waals surface area contributed by atoms with Gasteiger partial charge in [0.05, 0.1) is 45.2 Å². The smallest absolute Gasteiger partial charge is 0.187 e. The molecule has 6 unspecified atom stereocenters. The SMILES string of the molecule is CC1O[C@@H](O[C@@H]2C(O)[C@H](OCc3ccccc3)OC(CO)[C@H]2O[C@@H]2O[C@@H](CO)[C@H](O)C(O)C2O)C(OCc2ccccc2)[C@@H](OCc2ccccc2)[C@@H]1C. The number of hydrogen-bond acceptors (Lipinski definition) is 14. The van der Waals surface area contributed by atoms with Gasteiger partial charge in [-0.1, -0.05) is 97.9 Å². The van der Waals surface area contributed by atoms with Crippen LogP contribution in [-0.2, 0) is 57.7 Å². The van der Waals surface area contributed by atoms with Crippen molar-refractivity contribution in [3.63, 3.8) is 0 Å². The highest BCUT2D eigenvalue weighted by Crippen LogP contribution is 2.37. The highest BCUT2D eigenvalue weighted by molar-refractivity contribution is 5.15. The second-order valence-electron chi connectivity index (χ2n) is 14.0. The summed E-state index contributed by atoms with van der Waals surface area (Å²) in [5.41, 5.74) is 2.66. The first kappa shape index (κ1) is 40.8. The molecule has 6 rings (SSSR count). The van der Waals surface area contributed by atoms with Crippen molar-refractivity contribution in [1.29, 1.82) is 0 Å². The van der Waals surface area contributed by atoms with Gasteiger partial charge in [-0.15, -0.1) is 0 Å². The Labute approximate surface area is 314 Å². The molecule has 0 aliphatic carbocycles. The lowest BCUT2D eigenvalue weighted by Crippen LogP contribution is -2.66. The lowest BCUT2D eigenvalue weighted by Gasteiger charge is -2.50. The van der Waals surface area contributed by atoms with Crippen molar-refractivity contribution in [2.24, 2.45) is 5.92 Å². The van der Waals surface area contributed by atoms with Crippen molar-refractivity contribution < 1.29 is 68.5 Å². The molecule has 0 saturated carbocycles. The Morgan fingerprint density at radius 1 is 0.463 bits per heavy atom. The monoisotopic (exact) mass is 756 g/mol. The number of aliphatic hydroxyl groups excluding tert-OH is 6. The maximum atomic E-state index is 11.9. The van der Waals surface area contributed by atoms with E-state index in [0.717, 1.165) is 16.7 Å². The van der Waals surface area contributed by atoms with E-state index in [1.54, 1.807) is 0 Å². The molecule has 0 radical (unpaired) electrons. The minimum Gasteiger partial charge on any atom is -0.394 e. The summed E-state index contributed by atoms with van der Waals surface area (Å²) in [4.78, 5) is 0. The summed E-state index contributed by atoms with van der Waals surface area (Å²) in [7, 11) is 0. The number of rotatable bonds is 15. The quantitative estimate of drug-likeness (QED) is 0.130. The van der Waals surface area contributed by atoms with Crippen LogP contribution < -0.4 is 0 Å². The Balaban J connectivity index is 1.31. The van der Waals surface area contributed by atoms with Crippen LogP contribution in [-0.4, -0.2) is 130 Å². The summed E-state index contributed by atoms with van der Waals surface area (Å²) < 4.78 is 50.2. The molecule has 3 heterocycles. The van der Waals surface area contributed by atoms with Gasteiger partial charge in [0.25, 0.3) is 0 Å². The zero-order valence-corrected chi connectivity index (χ0v) is 30.3. The normalized spacial score (nSPS) is 37.2. The van der Waals surface area contributed by atoms with Crippen molar-refractivity contribution in [2.45, 2.75) is 120 Å². The highest BCUT2D eigenvalue weighted by atomic mass is 16.8. The minimum atomic E-state index is -1.78. The van der Waals surface area contributed by atoms with Gasteiger partial charge in [0, 0.05) is 5.92 Å². The predicted molar refractivity (Wildman–Crippen MR) is 190 cm³/mol. The fourth-order valence-corrected chi connectivity index (χ4v) is 6.94. The molecule has 3 aliphatic rings. The molecular weight excluding hydrogens is 704 g/mol. The van der Waals surface area contributed by atoms with Crippen LogP contribution in [0.15, 0.2) is 91.0 Å². The summed E-state index contributed by atoms with van der Waals surface area (Å²) in [6.45, 7) is 3.07. The Morgan fingerprint density at radius 3 is 1.48 bits per heavy atom. The Kier molecular flexibility index (Phi) is 14.6. The van der Waals surface area contributed by atoms with Gasteiger partial charge in [-0.05, 0) is 23.6 Å². The molecule has 6 N–H and O–H groups in total. The van der Waals surface area contributed by atoms with E-state index in [-0.39, 0.29) is 25.7 Å². The van der Waals surface area contributed by atoms with E-state index in [1.807, 2.05) is 105 Å². The molecule has 3 fully saturated rings. The molecule has 0 amide bonds. The summed E-state index contributed by atoms with van der Waals surface area (Å²) in [5, 5.41) is 64.2. The van der Waals surface area contributed by atoms with Gasteiger partial charge in [0.1, 0.15) is 54.9 Å². The number of ether oxygens (including phenoxy) is 8. The van der Waals surface area contributed by atoms with Crippen LogP contribution in [0.1, 0.15) is 30.5 Å². The van der Waals surface area contributed by atoms with Crippen LogP contribution in [0.25, 0.3) is 0 Å². The molecule has 3 aromatic carbocycles. The van der Waals surface area contributed by atoms with Crippen LogP contribution in [0.4, 0.5) is 0 Å². The topological polar surface area (TPSA) is 195 Å². The summed E-state index contributed by atoms with van der Waals surface area (Å²) in [6, 6.07) is 28.5. The van der Waals surface area contributed by atoms with Crippen LogP contribution in [0.2, 0.25) is 0 Å². The van der Waals surface area contributed by atoms with Crippen molar-refractivity contribution >= 4 is 0 Å². The fourth-order valence-electron chi connectivity index (χ4n) is 6.94. The van der Waals surface area contributed by atoms with Crippen LogP contribution in [0, 0.1) is 5.92 Å².